The number of anilines is 3. The van der Waals surface area contributed by atoms with Gasteiger partial charge in [0.1, 0.15) is 11.9 Å². The van der Waals surface area contributed by atoms with Crippen molar-refractivity contribution in [1.82, 2.24) is 0 Å². The highest BCUT2D eigenvalue weighted by molar-refractivity contribution is 9.10. The number of phenolic OH excluding ortho intramolecular Hbond substituents is 1. The molecule has 0 saturated heterocycles. The molecule has 9 heteroatoms. The molecule has 0 heterocycles. The van der Waals surface area contributed by atoms with Crippen molar-refractivity contribution in [3.8, 4) is 5.75 Å². The van der Waals surface area contributed by atoms with E-state index in [2.05, 4.69) is 26.6 Å². The second-order valence-electron chi connectivity index (χ2n) is 8.08. The van der Waals surface area contributed by atoms with Gasteiger partial charge in [-0.15, -0.1) is 0 Å². The van der Waals surface area contributed by atoms with E-state index >= 15 is 0 Å². The molecule has 0 aromatic heterocycles. The smallest absolute Gasteiger partial charge is 0.412 e. The summed E-state index contributed by atoms with van der Waals surface area (Å²) in [4.78, 5) is 36.6. The number of nitrogens with two attached hydrogens (primary N) is 1. The Morgan fingerprint density at radius 3 is 2.39 bits per heavy atom. The van der Waals surface area contributed by atoms with Crippen molar-refractivity contribution in [3.05, 3.63) is 94.5 Å². The van der Waals surface area contributed by atoms with Crippen LogP contribution in [0.25, 0.3) is 0 Å². The minimum absolute atomic E-state index is 0.0661. The number of nitrogens with one attached hydrogen (secondary N) is 2. The predicted molar refractivity (Wildman–Crippen MR) is 143 cm³/mol. The van der Waals surface area contributed by atoms with Crippen molar-refractivity contribution >= 4 is 50.8 Å². The molecule has 0 aliphatic carbocycles. The number of ether oxygens (including phenoxy) is 1. The van der Waals surface area contributed by atoms with Gasteiger partial charge >= 0.3 is 6.09 Å². The summed E-state index contributed by atoms with van der Waals surface area (Å²) < 4.78 is 6.36. The molecule has 0 aliphatic heterocycles. The third kappa shape index (κ3) is 7.19. The normalized spacial score (nSPS) is 12.5. The highest BCUT2D eigenvalue weighted by Gasteiger charge is 2.25. The monoisotopic (exact) mass is 551 g/mol. The minimum Gasteiger partial charge on any atom is -0.508 e. The molecule has 0 aliphatic rings. The third-order valence-corrected chi connectivity index (χ3v) is 5.81. The standard InChI is InChI=1S/C27H26BrN3O5/c1-16(7-14-25(34)31-23-6-4-3-5-22(23)29)26(21-15-19(28)10-13-24(21)33)36-27(35)30-20-11-8-18(9-12-20)17(2)32/h3-16,26,33H,29H2,1-2H3,(H,30,35)(H,31,34)/b14-7+/t16-,26-/m0/s1. The van der Waals surface area contributed by atoms with E-state index in [1.807, 2.05) is 0 Å². The summed E-state index contributed by atoms with van der Waals surface area (Å²) in [7, 11) is 0. The SMILES string of the molecule is CC(=O)c1ccc(NC(=O)O[C@H](c2cc(Br)ccc2O)[C@@H](C)/C=C/C(=O)Nc2ccccc2N)cc1. The van der Waals surface area contributed by atoms with Gasteiger partial charge in [-0.2, -0.15) is 0 Å². The number of benzene rings is 3. The summed E-state index contributed by atoms with van der Waals surface area (Å²) in [5, 5.41) is 15.8. The quantitative estimate of drug-likeness (QED) is 0.153. The lowest BCUT2D eigenvalue weighted by atomic mass is 9.96. The van der Waals surface area contributed by atoms with E-state index in [-0.39, 0.29) is 11.5 Å². The van der Waals surface area contributed by atoms with Crippen molar-refractivity contribution in [3.63, 3.8) is 0 Å². The number of carbonyl (C=O) groups is 3. The topological polar surface area (TPSA) is 131 Å². The maximum Gasteiger partial charge on any atom is 0.412 e. The zero-order valence-corrected chi connectivity index (χ0v) is 21.3. The lowest BCUT2D eigenvalue weighted by Crippen LogP contribution is -2.21. The average Bonchev–Trinajstić information content (AvgIpc) is 2.84. The molecule has 0 unspecified atom stereocenters. The maximum atomic E-state index is 12.7. The van der Waals surface area contributed by atoms with E-state index in [0.717, 1.165) is 0 Å². The summed E-state index contributed by atoms with van der Waals surface area (Å²) in [5.41, 5.74) is 8.09. The number of phenols is 1. The molecule has 186 valence electrons. The summed E-state index contributed by atoms with van der Waals surface area (Å²) in [6, 6.07) is 18.0. The Morgan fingerprint density at radius 2 is 1.72 bits per heavy atom. The van der Waals surface area contributed by atoms with Crippen molar-refractivity contribution in [1.29, 1.82) is 0 Å². The molecule has 0 radical (unpaired) electrons. The van der Waals surface area contributed by atoms with Gasteiger partial charge in [0, 0.05) is 27.2 Å². The minimum atomic E-state index is -0.926. The Labute approximate surface area is 217 Å². The first-order valence-corrected chi connectivity index (χ1v) is 11.8. The zero-order valence-electron chi connectivity index (χ0n) is 19.7. The molecule has 2 atom stereocenters. The van der Waals surface area contributed by atoms with Crippen LogP contribution in [-0.4, -0.2) is 22.9 Å². The van der Waals surface area contributed by atoms with Crippen LogP contribution in [0.1, 0.15) is 35.9 Å². The number of para-hydroxylation sites is 2. The van der Waals surface area contributed by atoms with Crippen molar-refractivity contribution < 1.29 is 24.2 Å². The van der Waals surface area contributed by atoms with Crippen LogP contribution in [0.4, 0.5) is 21.9 Å². The molecule has 5 N–H and O–H groups in total. The van der Waals surface area contributed by atoms with E-state index in [0.29, 0.717) is 32.7 Å². The van der Waals surface area contributed by atoms with Gasteiger partial charge in [-0.1, -0.05) is 41.1 Å². The number of nitrogen functional groups attached to an aromatic ring is 1. The first-order valence-electron chi connectivity index (χ1n) is 11.0. The molecule has 8 nitrogen and oxygen atoms in total. The Balaban J connectivity index is 1.77. The summed E-state index contributed by atoms with van der Waals surface area (Å²) in [6.45, 7) is 3.20. The summed E-state index contributed by atoms with van der Waals surface area (Å²) >= 11 is 3.37. The van der Waals surface area contributed by atoms with Gasteiger partial charge in [-0.25, -0.2) is 4.79 Å². The molecule has 0 fully saturated rings. The lowest BCUT2D eigenvalue weighted by Gasteiger charge is -2.24. The molecule has 3 rings (SSSR count). The van der Waals surface area contributed by atoms with Crippen LogP contribution in [0.2, 0.25) is 0 Å². The van der Waals surface area contributed by atoms with Crippen LogP contribution in [0, 0.1) is 5.92 Å². The number of aromatic hydroxyl groups is 1. The second-order valence-corrected chi connectivity index (χ2v) is 9.00. The van der Waals surface area contributed by atoms with Crippen molar-refractivity contribution in [2.45, 2.75) is 20.0 Å². The van der Waals surface area contributed by atoms with Gasteiger partial charge in [0.05, 0.1) is 11.4 Å². The molecular weight excluding hydrogens is 526 g/mol. The fraction of sp³-hybridized carbons (Fsp3) is 0.148. The zero-order chi connectivity index (χ0) is 26.2. The number of amides is 2. The number of Topliss-reactive ketones (excluding diaryl/α,β-unsaturated/α-hetero) is 1. The van der Waals surface area contributed by atoms with E-state index in [4.69, 9.17) is 10.5 Å². The number of hydrogen-bond acceptors (Lipinski definition) is 6. The van der Waals surface area contributed by atoms with Gasteiger partial charge in [0.15, 0.2) is 5.78 Å². The molecule has 2 amide bonds. The lowest BCUT2D eigenvalue weighted by molar-refractivity contribution is -0.111. The highest BCUT2D eigenvalue weighted by Crippen LogP contribution is 2.35. The van der Waals surface area contributed by atoms with Crippen LogP contribution in [0.3, 0.4) is 0 Å². The molecule has 36 heavy (non-hydrogen) atoms. The van der Waals surface area contributed by atoms with Crippen LogP contribution >= 0.6 is 15.9 Å². The Hall–Kier alpha value is -4.11. The third-order valence-electron chi connectivity index (χ3n) is 5.32. The van der Waals surface area contributed by atoms with Gasteiger partial charge in [0.2, 0.25) is 5.91 Å². The number of ketones is 1. The van der Waals surface area contributed by atoms with Gasteiger partial charge in [-0.05, 0) is 67.6 Å². The van der Waals surface area contributed by atoms with Crippen LogP contribution in [0.15, 0.2) is 83.4 Å². The molecule has 0 bridgehead atoms. The van der Waals surface area contributed by atoms with E-state index in [9.17, 15) is 19.5 Å². The summed E-state index contributed by atoms with van der Waals surface area (Å²) in [6.07, 6.45) is 1.21. The highest BCUT2D eigenvalue weighted by atomic mass is 79.9. The molecule has 0 spiro atoms. The van der Waals surface area contributed by atoms with Crippen molar-refractivity contribution in [2.24, 2.45) is 5.92 Å². The van der Waals surface area contributed by atoms with Crippen molar-refractivity contribution in [2.75, 3.05) is 16.4 Å². The predicted octanol–water partition coefficient (Wildman–Crippen LogP) is 6.06. The van der Waals surface area contributed by atoms with Gasteiger partial charge < -0.3 is 20.9 Å². The first kappa shape index (κ1) is 26.5. The molecular formula is C27H26BrN3O5. The first-order chi connectivity index (χ1) is 17.1. The Kier molecular flexibility index (Phi) is 8.86. The molecule has 0 saturated carbocycles. The number of rotatable bonds is 8. The van der Waals surface area contributed by atoms with E-state index < -0.39 is 24.0 Å². The van der Waals surface area contributed by atoms with Crippen LogP contribution in [0.5, 0.6) is 5.75 Å². The Morgan fingerprint density at radius 1 is 1.03 bits per heavy atom. The van der Waals surface area contributed by atoms with Crippen LogP contribution < -0.4 is 16.4 Å². The van der Waals surface area contributed by atoms with E-state index in [1.54, 1.807) is 73.7 Å². The average molecular weight is 552 g/mol. The fourth-order valence-electron chi connectivity index (χ4n) is 3.38. The second kappa shape index (κ2) is 12.0. The Bertz CT molecular complexity index is 1290. The number of carbonyl (C=O) groups excluding carboxylic acids is 3. The largest absolute Gasteiger partial charge is 0.508 e. The maximum absolute atomic E-state index is 12.7. The van der Waals surface area contributed by atoms with Crippen LogP contribution in [-0.2, 0) is 9.53 Å². The molecule has 3 aromatic carbocycles. The van der Waals surface area contributed by atoms with Gasteiger partial charge in [-0.3, -0.25) is 14.9 Å². The number of halogens is 1. The van der Waals surface area contributed by atoms with E-state index in [1.165, 1.54) is 19.1 Å². The summed E-state index contributed by atoms with van der Waals surface area (Å²) in [5.74, 6) is -1.07. The molecule has 3 aromatic rings. The fourth-order valence-corrected chi connectivity index (χ4v) is 3.76. The van der Waals surface area contributed by atoms with Gasteiger partial charge in [0.25, 0.3) is 0 Å². The number of hydrogen-bond donors (Lipinski definition) is 4.